The van der Waals surface area contributed by atoms with Crippen LogP contribution in [0.2, 0.25) is 0 Å². The van der Waals surface area contributed by atoms with Crippen molar-refractivity contribution in [3.05, 3.63) is 25.3 Å². The smallest absolute Gasteiger partial charge is 0.198 e. The van der Waals surface area contributed by atoms with Gasteiger partial charge in [-0.2, -0.15) is 0 Å². The molecule has 7 heteroatoms. The zero-order valence-electron chi connectivity index (χ0n) is 17.0. The van der Waals surface area contributed by atoms with Gasteiger partial charge in [0.25, 0.3) is 0 Å². The van der Waals surface area contributed by atoms with E-state index in [0.717, 1.165) is 51.6 Å². The number of aliphatic hydroxyl groups excluding tert-OH is 1. The van der Waals surface area contributed by atoms with Crippen LogP contribution in [0.25, 0.3) is 0 Å². The van der Waals surface area contributed by atoms with Crippen molar-refractivity contribution in [3.8, 4) is 0 Å². The molecule has 27 heavy (non-hydrogen) atoms. The van der Waals surface area contributed by atoms with Gasteiger partial charge in [0.2, 0.25) is 0 Å². The highest BCUT2D eigenvalue weighted by Gasteiger charge is 2.30. The van der Waals surface area contributed by atoms with E-state index in [4.69, 9.17) is 29.6 Å². The second-order valence-electron chi connectivity index (χ2n) is 6.75. The molecule has 0 aromatic carbocycles. The second-order valence-corrected chi connectivity index (χ2v) is 6.75. The minimum absolute atomic E-state index is 0.226. The summed E-state index contributed by atoms with van der Waals surface area (Å²) in [6.07, 6.45) is 11.1. The average Bonchev–Trinajstić information content (AvgIpc) is 2.68. The lowest BCUT2D eigenvalue weighted by molar-refractivity contribution is -0.430. The molecule has 0 saturated carbocycles. The van der Waals surface area contributed by atoms with Gasteiger partial charge < -0.3 is 14.6 Å². The summed E-state index contributed by atoms with van der Waals surface area (Å²) in [4.78, 5) is 14.4. The van der Waals surface area contributed by atoms with E-state index in [-0.39, 0.29) is 6.61 Å². The Morgan fingerprint density at radius 2 is 1.48 bits per heavy atom. The standard InChI is InChI=1S/C10H18O3.C6H12O3.C4H8O/c1-3-4-9-12-13-10(2)7-5-6-8-11-10;1-6(9-7)4-2-3-5-8-6;1-2-3-4-5/h3H,1,4-9H2,2H3;7H,2-5H2,1H3;2,5H,1,3-4H2. The van der Waals surface area contributed by atoms with Crippen LogP contribution in [0.4, 0.5) is 0 Å². The van der Waals surface area contributed by atoms with E-state index in [0.29, 0.717) is 19.6 Å². The molecule has 2 rings (SSSR count). The maximum atomic E-state index is 8.33. The summed E-state index contributed by atoms with van der Waals surface area (Å²) >= 11 is 0. The van der Waals surface area contributed by atoms with Crippen LogP contribution in [0.3, 0.4) is 0 Å². The van der Waals surface area contributed by atoms with Crippen molar-refractivity contribution in [3.63, 3.8) is 0 Å². The van der Waals surface area contributed by atoms with Crippen LogP contribution >= 0.6 is 0 Å². The van der Waals surface area contributed by atoms with Gasteiger partial charge in [-0.25, -0.2) is 19.9 Å². The summed E-state index contributed by atoms with van der Waals surface area (Å²) in [6.45, 7) is 12.9. The first kappa shape index (κ1) is 26.2. The number of hydrogen-bond donors (Lipinski definition) is 2. The molecule has 0 aromatic heterocycles. The molecule has 2 saturated heterocycles. The van der Waals surface area contributed by atoms with Crippen LogP contribution in [0, 0.1) is 0 Å². The van der Waals surface area contributed by atoms with Crippen LogP contribution in [-0.2, 0) is 24.1 Å². The molecular weight excluding hydrogens is 352 g/mol. The van der Waals surface area contributed by atoms with Gasteiger partial charge in [0.15, 0.2) is 11.6 Å². The van der Waals surface area contributed by atoms with Crippen LogP contribution in [0.5, 0.6) is 0 Å². The Balaban J connectivity index is 0.000000419. The Labute approximate surface area is 163 Å². The van der Waals surface area contributed by atoms with Crippen LogP contribution in [0.1, 0.15) is 65.2 Å². The predicted molar refractivity (Wildman–Crippen MR) is 104 cm³/mol. The molecule has 2 aliphatic heterocycles. The summed E-state index contributed by atoms with van der Waals surface area (Å²) in [6, 6.07) is 0. The lowest BCUT2D eigenvalue weighted by atomic mass is 10.1. The Hall–Kier alpha value is -0.800. The minimum atomic E-state index is -0.724. The number of aliphatic hydroxyl groups is 1. The maximum Gasteiger partial charge on any atom is 0.198 e. The van der Waals surface area contributed by atoms with E-state index in [1.54, 1.807) is 19.1 Å². The minimum Gasteiger partial charge on any atom is -0.396 e. The number of ether oxygens (including phenoxy) is 2. The zero-order chi connectivity index (χ0) is 20.4. The highest BCUT2D eigenvalue weighted by molar-refractivity contribution is 4.67. The molecule has 2 atom stereocenters. The molecule has 160 valence electrons. The van der Waals surface area contributed by atoms with Gasteiger partial charge in [-0.15, -0.1) is 13.2 Å². The van der Waals surface area contributed by atoms with Gasteiger partial charge >= 0.3 is 0 Å². The quantitative estimate of drug-likeness (QED) is 0.275. The molecule has 0 bridgehead atoms. The first-order valence-corrected chi connectivity index (χ1v) is 9.69. The summed E-state index contributed by atoms with van der Waals surface area (Å²) in [5.41, 5.74) is 0. The van der Waals surface area contributed by atoms with Gasteiger partial charge in [0.05, 0.1) is 19.8 Å². The SMILES string of the molecule is C=CCCO.C=CCCOOC1(C)CCCCO1.CC1(OO)CCCCO1. The molecule has 0 aromatic rings. The lowest BCUT2D eigenvalue weighted by Gasteiger charge is -2.31. The third kappa shape index (κ3) is 13.9. The van der Waals surface area contributed by atoms with E-state index >= 15 is 0 Å². The Morgan fingerprint density at radius 3 is 1.81 bits per heavy atom. The number of hydrogen-bond acceptors (Lipinski definition) is 7. The fourth-order valence-electron chi connectivity index (χ4n) is 2.34. The Kier molecular flexibility index (Phi) is 15.7. The molecule has 0 amide bonds. The first-order chi connectivity index (χ1) is 12.9. The molecular formula is C20H38O7. The van der Waals surface area contributed by atoms with Crippen molar-refractivity contribution in [1.29, 1.82) is 0 Å². The Bertz CT molecular complexity index is 361. The molecule has 2 fully saturated rings. The largest absolute Gasteiger partial charge is 0.396 e. The van der Waals surface area contributed by atoms with Crippen molar-refractivity contribution in [2.24, 2.45) is 0 Å². The molecule has 7 nitrogen and oxygen atoms in total. The highest BCUT2D eigenvalue weighted by Crippen LogP contribution is 2.25. The second kappa shape index (κ2) is 16.2. The highest BCUT2D eigenvalue weighted by atomic mass is 17.2. The van der Waals surface area contributed by atoms with E-state index < -0.39 is 11.6 Å². The average molecular weight is 391 g/mol. The molecule has 0 aliphatic carbocycles. The molecule has 0 spiro atoms. The van der Waals surface area contributed by atoms with Gasteiger partial charge in [-0.1, -0.05) is 12.2 Å². The van der Waals surface area contributed by atoms with E-state index in [2.05, 4.69) is 18.0 Å². The number of rotatable bonds is 8. The summed E-state index contributed by atoms with van der Waals surface area (Å²) in [7, 11) is 0. The maximum absolute atomic E-state index is 8.33. The molecule has 2 N–H and O–H groups in total. The summed E-state index contributed by atoms with van der Waals surface area (Å²) in [5.74, 6) is -1.25. The normalized spacial score (nSPS) is 27.4. The van der Waals surface area contributed by atoms with E-state index in [1.807, 2.05) is 6.92 Å². The van der Waals surface area contributed by atoms with Gasteiger partial charge in [-0.05, 0) is 52.4 Å². The fourth-order valence-corrected chi connectivity index (χ4v) is 2.34. The van der Waals surface area contributed by atoms with Crippen molar-refractivity contribution in [2.45, 2.75) is 76.8 Å². The van der Waals surface area contributed by atoms with Crippen molar-refractivity contribution in [1.82, 2.24) is 0 Å². The van der Waals surface area contributed by atoms with E-state index in [9.17, 15) is 0 Å². The Morgan fingerprint density at radius 1 is 0.926 bits per heavy atom. The molecule has 2 aliphatic rings. The first-order valence-electron chi connectivity index (χ1n) is 9.69. The van der Waals surface area contributed by atoms with Crippen LogP contribution in [0.15, 0.2) is 25.3 Å². The van der Waals surface area contributed by atoms with E-state index in [1.165, 1.54) is 0 Å². The van der Waals surface area contributed by atoms with Gasteiger partial charge in [-0.3, -0.25) is 0 Å². The predicted octanol–water partition coefficient (Wildman–Crippen LogP) is 4.37. The molecule has 2 heterocycles. The van der Waals surface area contributed by atoms with Crippen molar-refractivity contribution >= 4 is 0 Å². The molecule has 2 unspecified atom stereocenters. The monoisotopic (exact) mass is 390 g/mol. The fraction of sp³-hybridized carbons (Fsp3) is 0.800. The summed E-state index contributed by atoms with van der Waals surface area (Å²) < 4.78 is 10.6. The van der Waals surface area contributed by atoms with Crippen LogP contribution in [-0.4, -0.2) is 48.4 Å². The zero-order valence-corrected chi connectivity index (χ0v) is 17.0. The van der Waals surface area contributed by atoms with Crippen molar-refractivity contribution in [2.75, 3.05) is 26.4 Å². The lowest BCUT2D eigenvalue weighted by Crippen LogP contribution is -2.36. The van der Waals surface area contributed by atoms with Gasteiger partial charge in [0, 0.05) is 19.4 Å². The third-order valence-electron chi connectivity index (χ3n) is 4.03. The topological polar surface area (TPSA) is 86.6 Å². The van der Waals surface area contributed by atoms with Crippen LogP contribution < -0.4 is 0 Å². The molecule has 0 radical (unpaired) electrons. The van der Waals surface area contributed by atoms with Gasteiger partial charge in [0.1, 0.15) is 0 Å². The summed E-state index contributed by atoms with van der Waals surface area (Å²) in [5, 5.41) is 16.3. The van der Waals surface area contributed by atoms with Crippen molar-refractivity contribution < 1.29 is 34.5 Å². The third-order valence-corrected chi connectivity index (χ3v) is 4.03.